The third-order valence-electron chi connectivity index (χ3n) is 10.9. The summed E-state index contributed by atoms with van der Waals surface area (Å²) in [6.45, 7) is -0.243. The fourth-order valence-electron chi connectivity index (χ4n) is 8.82. The van der Waals surface area contributed by atoms with E-state index in [2.05, 4.69) is 0 Å². The van der Waals surface area contributed by atoms with Crippen molar-refractivity contribution in [2.75, 3.05) is 20.8 Å². The number of benzene rings is 3. The maximum Gasteiger partial charge on any atom is 0.305 e. The van der Waals surface area contributed by atoms with Gasteiger partial charge in [0.05, 0.1) is 37.9 Å². The van der Waals surface area contributed by atoms with E-state index in [0.29, 0.717) is 16.7 Å². The van der Waals surface area contributed by atoms with E-state index in [-0.39, 0.29) is 60.2 Å². The molecule has 4 aliphatic rings. The van der Waals surface area contributed by atoms with Crippen LogP contribution >= 0.6 is 0 Å². The number of phenolic OH excluding ortho intramolecular Hbond substituents is 1. The zero-order chi connectivity index (χ0) is 34.6. The summed E-state index contributed by atoms with van der Waals surface area (Å²) in [6, 6.07) is 21.4. The predicted molar refractivity (Wildman–Crippen MR) is 177 cm³/mol. The van der Waals surface area contributed by atoms with Crippen LogP contribution in [0.4, 0.5) is 0 Å². The number of aromatic hydroxyl groups is 1. The minimum atomic E-state index is -1.46. The SMILES string of the molecule is COc1cc([C@H]2C3=CC[C@@H]4C(=O)N(CCC(=O)O)C(=O)[C@@H]4[C@@H]3C[C@H]3C(=O)C(c4ccccc4)=CC(=O)[C@@]23c2ccccc2)cc(OC)c1O. The highest BCUT2D eigenvalue weighted by Gasteiger charge is 2.66. The second-order valence-electron chi connectivity index (χ2n) is 13.0. The van der Waals surface area contributed by atoms with Gasteiger partial charge in [0, 0.05) is 24.0 Å². The topological polar surface area (TPSA) is 148 Å². The molecule has 2 fully saturated rings. The standard InChI is InChI=1S/C39H35NO9/c1-48-29-17-22(18-30(49-2)36(29)45)34-24-13-14-25-33(38(47)40(37(25)46)16-15-32(42)43)27(24)19-28-35(44)26(21-9-5-3-6-10-21)20-31(41)39(28,34)23-11-7-4-8-12-23/h3-13,17-18,20,25,27-28,33-34,45H,14-16,19H2,1-2H3,(H,42,43)/t25-,27+,28-,33-,34-,39-/m0/s1. The van der Waals surface area contributed by atoms with E-state index in [1.165, 1.54) is 20.3 Å². The number of ketones is 2. The molecular weight excluding hydrogens is 626 g/mol. The van der Waals surface area contributed by atoms with Crippen LogP contribution < -0.4 is 9.47 Å². The monoisotopic (exact) mass is 661 g/mol. The molecule has 250 valence electrons. The van der Waals surface area contributed by atoms with E-state index in [1.807, 2.05) is 42.5 Å². The van der Waals surface area contributed by atoms with Crippen molar-refractivity contribution in [2.24, 2.45) is 23.7 Å². The molecule has 49 heavy (non-hydrogen) atoms. The Morgan fingerprint density at radius 2 is 1.53 bits per heavy atom. The van der Waals surface area contributed by atoms with Crippen molar-refractivity contribution in [3.05, 3.63) is 107 Å². The number of rotatable bonds is 8. The summed E-state index contributed by atoms with van der Waals surface area (Å²) in [6.07, 6.45) is 3.30. The lowest BCUT2D eigenvalue weighted by molar-refractivity contribution is -0.142. The zero-order valence-electron chi connectivity index (χ0n) is 27.0. The number of Topliss-reactive ketones (excluding diaryl/α,β-unsaturated/α-hetero) is 1. The summed E-state index contributed by atoms with van der Waals surface area (Å²) in [7, 11) is 2.81. The van der Waals surface area contributed by atoms with Crippen molar-refractivity contribution >= 4 is 34.9 Å². The minimum Gasteiger partial charge on any atom is -0.502 e. The second kappa shape index (κ2) is 12.2. The number of fused-ring (bicyclic) bond motifs is 4. The van der Waals surface area contributed by atoms with Crippen LogP contribution in [0.5, 0.6) is 17.2 Å². The molecule has 0 spiro atoms. The largest absolute Gasteiger partial charge is 0.502 e. The lowest BCUT2D eigenvalue weighted by Gasteiger charge is -2.55. The fourth-order valence-corrected chi connectivity index (χ4v) is 8.82. The first-order valence-corrected chi connectivity index (χ1v) is 16.3. The van der Waals surface area contributed by atoms with Crippen LogP contribution in [0.3, 0.4) is 0 Å². The highest BCUT2D eigenvalue weighted by atomic mass is 16.5. The van der Waals surface area contributed by atoms with Crippen LogP contribution in [0, 0.1) is 23.7 Å². The first-order chi connectivity index (χ1) is 23.6. The Balaban J connectivity index is 1.50. The Morgan fingerprint density at radius 3 is 2.14 bits per heavy atom. The van der Waals surface area contributed by atoms with Gasteiger partial charge in [0.25, 0.3) is 0 Å². The number of carboxylic acids is 1. The maximum absolute atomic E-state index is 15.1. The molecule has 10 heteroatoms. The van der Waals surface area contributed by atoms with Gasteiger partial charge in [-0.1, -0.05) is 72.3 Å². The molecule has 1 aliphatic heterocycles. The molecule has 7 rings (SSSR count). The van der Waals surface area contributed by atoms with Crippen LogP contribution in [-0.2, 0) is 29.4 Å². The molecule has 2 N–H and O–H groups in total. The summed E-state index contributed by atoms with van der Waals surface area (Å²) >= 11 is 0. The fraction of sp³-hybridized carbons (Fsp3) is 0.308. The quantitative estimate of drug-likeness (QED) is 0.259. The van der Waals surface area contributed by atoms with Crippen LogP contribution in [0.25, 0.3) is 5.57 Å². The number of imide groups is 1. The van der Waals surface area contributed by atoms with Crippen LogP contribution in [-0.4, -0.2) is 65.2 Å². The molecule has 0 aromatic heterocycles. The number of methoxy groups -OCH3 is 2. The third kappa shape index (κ3) is 4.80. The number of phenols is 1. The van der Waals surface area contributed by atoms with Gasteiger partial charge in [-0.05, 0) is 53.7 Å². The lowest BCUT2D eigenvalue weighted by atomic mass is 9.44. The summed E-state index contributed by atoms with van der Waals surface area (Å²) in [5.41, 5.74) is 1.30. The highest BCUT2D eigenvalue weighted by molar-refractivity contribution is 6.31. The van der Waals surface area contributed by atoms with Gasteiger partial charge in [0.2, 0.25) is 17.6 Å². The van der Waals surface area contributed by atoms with Crippen LogP contribution in [0.1, 0.15) is 41.9 Å². The second-order valence-corrected chi connectivity index (χ2v) is 13.0. The summed E-state index contributed by atoms with van der Waals surface area (Å²) in [5.74, 6) is -6.52. The first-order valence-electron chi connectivity index (χ1n) is 16.3. The number of ether oxygens (including phenoxy) is 2. The van der Waals surface area contributed by atoms with E-state index in [0.717, 1.165) is 10.5 Å². The molecule has 6 atom stereocenters. The van der Waals surface area contributed by atoms with Gasteiger partial charge < -0.3 is 19.7 Å². The lowest BCUT2D eigenvalue weighted by Crippen LogP contribution is -2.58. The summed E-state index contributed by atoms with van der Waals surface area (Å²) in [4.78, 5) is 70.2. The molecule has 1 saturated carbocycles. The average Bonchev–Trinajstić information content (AvgIpc) is 3.36. The van der Waals surface area contributed by atoms with Crippen molar-refractivity contribution in [1.82, 2.24) is 4.90 Å². The third-order valence-corrected chi connectivity index (χ3v) is 10.9. The Labute approximate surface area is 282 Å². The molecule has 3 aliphatic carbocycles. The van der Waals surface area contributed by atoms with E-state index in [4.69, 9.17) is 9.47 Å². The smallest absolute Gasteiger partial charge is 0.305 e. The van der Waals surface area contributed by atoms with Gasteiger partial charge >= 0.3 is 5.97 Å². The summed E-state index contributed by atoms with van der Waals surface area (Å²) < 4.78 is 11.1. The zero-order valence-corrected chi connectivity index (χ0v) is 27.0. The number of amides is 2. The van der Waals surface area contributed by atoms with Crippen LogP contribution in [0.2, 0.25) is 0 Å². The number of aliphatic carboxylic acids is 1. The Hall–Kier alpha value is -5.51. The van der Waals surface area contributed by atoms with Crippen LogP contribution in [0.15, 0.2) is 90.5 Å². The summed E-state index contributed by atoms with van der Waals surface area (Å²) in [5, 5.41) is 20.2. The van der Waals surface area contributed by atoms with E-state index >= 15 is 4.79 Å². The Bertz CT molecular complexity index is 1920. The molecule has 0 unspecified atom stereocenters. The minimum absolute atomic E-state index is 0.104. The molecule has 10 nitrogen and oxygen atoms in total. The van der Waals surface area contributed by atoms with Crippen molar-refractivity contribution in [2.45, 2.75) is 30.6 Å². The maximum atomic E-state index is 15.1. The molecule has 1 saturated heterocycles. The van der Waals surface area contributed by atoms with E-state index < -0.39 is 52.8 Å². The molecule has 1 heterocycles. The van der Waals surface area contributed by atoms with Crippen molar-refractivity contribution in [3.63, 3.8) is 0 Å². The number of hydrogen-bond acceptors (Lipinski definition) is 8. The number of carbonyl (C=O) groups excluding carboxylic acids is 4. The van der Waals surface area contributed by atoms with Gasteiger partial charge in [-0.2, -0.15) is 0 Å². The highest BCUT2D eigenvalue weighted by Crippen LogP contribution is 2.64. The van der Waals surface area contributed by atoms with Gasteiger partial charge in [-0.3, -0.25) is 28.9 Å². The number of carboxylic acid groups (broad SMARTS) is 1. The van der Waals surface area contributed by atoms with Gasteiger partial charge in [0.15, 0.2) is 23.1 Å². The Kier molecular flexibility index (Phi) is 7.97. The molecule has 0 radical (unpaired) electrons. The van der Waals surface area contributed by atoms with Crippen molar-refractivity contribution < 1.29 is 43.7 Å². The van der Waals surface area contributed by atoms with Gasteiger partial charge in [0.1, 0.15) is 0 Å². The number of nitrogens with zero attached hydrogens (tertiary/aromatic N) is 1. The Morgan fingerprint density at radius 1 is 0.898 bits per heavy atom. The molecule has 2 amide bonds. The molecule has 3 aromatic rings. The average molecular weight is 662 g/mol. The molecular formula is C39H35NO9. The normalized spacial score (nSPS) is 27.5. The molecule has 3 aromatic carbocycles. The predicted octanol–water partition coefficient (Wildman–Crippen LogP) is 4.71. The van der Waals surface area contributed by atoms with E-state index in [1.54, 1.807) is 36.4 Å². The van der Waals surface area contributed by atoms with E-state index in [9.17, 15) is 29.4 Å². The van der Waals surface area contributed by atoms with Gasteiger partial charge in [-0.15, -0.1) is 0 Å². The number of likely N-dealkylation sites (tertiary alicyclic amines) is 1. The number of carbonyl (C=O) groups is 5. The number of hydrogen-bond donors (Lipinski definition) is 2. The van der Waals surface area contributed by atoms with Crippen molar-refractivity contribution in [1.29, 1.82) is 0 Å². The molecule has 0 bridgehead atoms. The first kappa shape index (κ1) is 32.1. The van der Waals surface area contributed by atoms with Crippen molar-refractivity contribution in [3.8, 4) is 17.2 Å². The van der Waals surface area contributed by atoms with Gasteiger partial charge in [-0.25, -0.2) is 0 Å². The number of allylic oxidation sites excluding steroid dienone is 4.